The quantitative estimate of drug-likeness (QED) is 0.731. The molecule has 1 atom stereocenters. The zero-order valence-electron chi connectivity index (χ0n) is 8.86. The first-order valence-corrected chi connectivity index (χ1v) is 5.27. The van der Waals surface area contributed by atoms with Gasteiger partial charge in [-0.25, -0.2) is 0 Å². The molecule has 2 heteroatoms. The third kappa shape index (κ3) is 1.80. The number of hydrogen-bond acceptors (Lipinski definition) is 1. The molecule has 78 valence electrons. The Morgan fingerprint density at radius 3 is 2.60 bits per heavy atom. The van der Waals surface area contributed by atoms with Crippen molar-refractivity contribution in [1.29, 1.82) is 0 Å². The first-order chi connectivity index (χ1) is 7.27. The molecule has 1 saturated heterocycles. The van der Waals surface area contributed by atoms with Gasteiger partial charge in [-0.1, -0.05) is 42.5 Å². The van der Waals surface area contributed by atoms with Crippen molar-refractivity contribution >= 4 is 5.91 Å². The molecule has 1 heterocycles. The van der Waals surface area contributed by atoms with Crippen LogP contribution in [0.2, 0.25) is 0 Å². The first kappa shape index (κ1) is 9.97. The monoisotopic (exact) mass is 201 g/mol. The minimum atomic E-state index is -0.271. The fourth-order valence-electron chi connectivity index (χ4n) is 2.14. The first-order valence-electron chi connectivity index (χ1n) is 5.27. The van der Waals surface area contributed by atoms with Crippen LogP contribution in [0.4, 0.5) is 0 Å². The fraction of sp³-hybridized carbons (Fsp3) is 0.308. The van der Waals surface area contributed by atoms with E-state index < -0.39 is 0 Å². The number of nitrogens with one attached hydrogen (secondary N) is 1. The molecule has 0 aliphatic carbocycles. The Morgan fingerprint density at radius 2 is 2.07 bits per heavy atom. The lowest BCUT2D eigenvalue weighted by atomic mass is 9.88. The second kappa shape index (κ2) is 3.89. The summed E-state index contributed by atoms with van der Waals surface area (Å²) in [4.78, 5) is 11.4. The van der Waals surface area contributed by atoms with Gasteiger partial charge in [0.2, 0.25) is 5.91 Å². The maximum absolute atomic E-state index is 11.4. The Morgan fingerprint density at radius 1 is 1.33 bits per heavy atom. The maximum Gasteiger partial charge on any atom is 0.221 e. The molecule has 1 aromatic carbocycles. The normalized spacial score (nSPS) is 25.8. The van der Waals surface area contributed by atoms with Crippen molar-refractivity contribution in [2.75, 3.05) is 0 Å². The summed E-state index contributed by atoms with van der Waals surface area (Å²) in [5.74, 6) is 0.136. The van der Waals surface area contributed by atoms with Crippen LogP contribution in [0.1, 0.15) is 25.3 Å². The molecular formula is C13H15NO. The fourth-order valence-corrected chi connectivity index (χ4v) is 2.14. The number of allylic oxidation sites excluding steroid dienone is 1. The van der Waals surface area contributed by atoms with Gasteiger partial charge in [0.15, 0.2) is 0 Å². The van der Waals surface area contributed by atoms with Crippen LogP contribution in [-0.2, 0) is 10.3 Å². The molecule has 1 fully saturated rings. The van der Waals surface area contributed by atoms with Gasteiger partial charge in [-0.15, -0.1) is 0 Å². The summed E-state index contributed by atoms with van der Waals surface area (Å²) >= 11 is 0. The second-order valence-corrected chi connectivity index (χ2v) is 3.89. The average Bonchev–Trinajstić information content (AvgIpc) is 2.63. The lowest BCUT2D eigenvalue weighted by Gasteiger charge is -2.26. The van der Waals surface area contributed by atoms with Crippen LogP contribution >= 0.6 is 0 Å². The van der Waals surface area contributed by atoms with Crippen molar-refractivity contribution in [3.63, 3.8) is 0 Å². The summed E-state index contributed by atoms with van der Waals surface area (Å²) in [5.41, 5.74) is 0.890. The molecule has 1 unspecified atom stereocenters. The number of benzene rings is 1. The Bertz CT molecular complexity index is 383. The molecule has 1 aliphatic heterocycles. The Kier molecular flexibility index (Phi) is 2.58. The van der Waals surface area contributed by atoms with Crippen molar-refractivity contribution in [3.05, 3.63) is 48.0 Å². The van der Waals surface area contributed by atoms with Gasteiger partial charge in [0.05, 0.1) is 5.54 Å². The maximum atomic E-state index is 11.4. The van der Waals surface area contributed by atoms with Gasteiger partial charge >= 0.3 is 0 Å². The number of carbonyl (C=O) groups excluding carboxylic acids is 1. The van der Waals surface area contributed by atoms with Crippen LogP contribution in [0.3, 0.4) is 0 Å². The van der Waals surface area contributed by atoms with Crippen molar-refractivity contribution in [2.45, 2.75) is 25.3 Å². The highest BCUT2D eigenvalue weighted by atomic mass is 16.2. The van der Waals surface area contributed by atoms with Crippen molar-refractivity contribution in [3.8, 4) is 0 Å². The number of carbonyl (C=O) groups is 1. The van der Waals surface area contributed by atoms with Gasteiger partial charge in [-0.05, 0) is 18.9 Å². The number of rotatable bonds is 2. The lowest BCUT2D eigenvalue weighted by Crippen LogP contribution is -2.36. The summed E-state index contributed by atoms with van der Waals surface area (Å²) in [6.07, 6.45) is 5.53. The molecule has 1 N–H and O–H groups in total. The standard InChI is InChI=1S/C13H15NO/c1-2-9-13(10-8-12(15)14-13)11-6-4-3-5-7-11/h2-7,9H,8,10H2,1H3,(H,14,15)/b9-2+. The van der Waals surface area contributed by atoms with E-state index in [2.05, 4.69) is 23.5 Å². The SMILES string of the molecule is C/C=C/C1(c2ccccc2)CCC(=O)N1. The highest BCUT2D eigenvalue weighted by Crippen LogP contribution is 2.32. The number of hydrogen-bond donors (Lipinski definition) is 1. The highest BCUT2D eigenvalue weighted by molar-refractivity contribution is 5.80. The van der Waals surface area contributed by atoms with Gasteiger partial charge < -0.3 is 5.32 Å². The molecule has 0 bridgehead atoms. The van der Waals surface area contributed by atoms with E-state index in [0.29, 0.717) is 6.42 Å². The molecule has 0 aromatic heterocycles. The lowest BCUT2D eigenvalue weighted by molar-refractivity contribution is -0.119. The van der Waals surface area contributed by atoms with E-state index in [1.807, 2.05) is 31.2 Å². The zero-order valence-corrected chi connectivity index (χ0v) is 8.86. The third-order valence-corrected chi connectivity index (χ3v) is 2.85. The van der Waals surface area contributed by atoms with Crippen molar-refractivity contribution in [1.82, 2.24) is 5.32 Å². The van der Waals surface area contributed by atoms with Crippen LogP contribution < -0.4 is 5.32 Å². The van der Waals surface area contributed by atoms with Crippen LogP contribution in [-0.4, -0.2) is 5.91 Å². The summed E-state index contributed by atoms with van der Waals surface area (Å²) in [6, 6.07) is 10.1. The molecule has 2 nitrogen and oxygen atoms in total. The molecule has 1 amide bonds. The van der Waals surface area contributed by atoms with E-state index in [1.165, 1.54) is 0 Å². The second-order valence-electron chi connectivity index (χ2n) is 3.89. The van der Waals surface area contributed by atoms with Gasteiger partial charge in [0, 0.05) is 6.42 Å². The molecule has 1 aromatic rings. The summed E-state index contributed by atoms with van der Waals surface area (Å²) in [7, 11) is 0. The van der Waals surface area contributed by atoms with E-state index in [4.69, 9.17) is 0 Å². The summed E-state index contributed by atoms with van der Waals surface area (Å²) in [6.45, 7) is 1.98. The van der Waals surface area contributed by atoms with Gasteiger partial charge in [0.25, 0.3) is 0 Å². The molecule has 1 aliphatic rings. The van der Waals surface area contributed by atoms with Crippen molar-refractivity contribution < 1.29 is 4.79 Å². The minimum absolute atomic E-state index is 0.136. The van der Waals surface area contributed by atoms with Crippen LogP contribution in [0, 0.1) is 0 Å². The van der Waals surface area contributed by atoms with Crippen LogP contribution in [0.15, 0.2) is 42.5 Å². The summed E-state index contributed by atoms with van der Waals surface area (Å²) < 4.78 is 0. The Balaban J connectivity index is 2.40. The molecule has 15 heavy (non-hydrogen) atoms. The molecule has 2 rings (SSSR count). The Hall–Kier alpha value is -1.57. The molecular weight excluding hydrogens is 186 g/mol. The van der Waals surface area contributed by atoms with E-state index >= 15 is 0 Å². The molecule has 0 saturated carbocycles. The van der Waals surface area contributed by atoms with E-state index in [-0.39, 0.29) is 11.4 Å². The smallest absolute Gasteiger partial charge is 0.221 e. The third-order valence-electron chi connectivity index (χ3n) is 2.85. The zero-order chi connectivity index (χ0) is 10.7. The predicted molar refractivity (Wildman–Crippen MR) is 60.3 cm³/mol. The number of amides is 1. The molecule has 0 radical (unpaired) electrons. The van der Waals surface area contributed by atoms with Crippen molar-refractivity contribution in [2.24, 2.45) is 0 Å². The van der Waals surface area contributed by atoms with Gasteiger partial charge in [-0.3, -0.25) is 4.79 Å². The van der Waals surface area contributed by atoms with Gasteiger partial charge in [0.1, 0.15) is 0 Å². The topological polar surface area (TPSA) is 29.1 Å². The van der Waals surface area contributed by atoms with E-state index in [1.54, 1.807) is 0 Å². The van der Waals surface area contributed by atoms with Gasteiger partial charge in [-0.2, -0.15) is 0 Å². The van der Waals surface area contributed by atoms with Crippen LogP contribution in [0.25, 0.3) is 0 Å². The highest BCUT2D eigenvalue weighted by Gasteiger charge is 2.36. The van der Waals surface area contributed by atoms with E-state index in [9.17, 15) is 4.79 Å². The Labute approximate surface area is 90.0 Å². The summed E-state index contributed by atoms with van der Waals surface area (Å²) in [5, 5.41) is 3.06. The van der Waals surface area contributed by atoms with E-state index in [0.717, 1.165) is 12.0 Å². The van der Waals surface area contributed by atoms with Crippen LogP contribution in [0.5, 0.6) is 0 Å². The largest absolute Gasteiger partial charge is 0.343 e. The predicted octanol–water partition coefficient (Wildman–Crippen LogP) is 2.37. The molecule has 0 spiro atoms. The minimum Gasteiger partial charge on any atom is -0.343 e. The average molecular weight is 201 g/mol.